The molecule has 4 atom stereocenters. The van der Waals surface area contributed by atoms with E-state index in [1.807, 2.05) is 0 Å². The van der Waals surface area contributed by atoms with Gasteiger partial charge in [0, 0.05) is 12.5 Å². The minimum absolute atomic E-state index is 0.0676. The van der Waals surface area contributed by atoms with Gasteiger partial charge in [-0.05, 0) is 53.1 Å². The molecule has 3 rings (SSSR count). The van der Waals surface area contributed by atoms with Crippen LogP contribution < -0.4 is 32.2 Å². The average Bonchev–Trinajstić information content (AvgIpc) is 3.40. The van der Waals surface area contributed by atoms with Gasteiger partial charge in [0.15, 0.2) is 5.78 Å². The third kappa shape index (κ3) is 6.43. The highest BCUT2D eigenvalue weighted by Crippen LogP contribution is 2.29. The van der Waals surface area contributed by atoms with Crippen molar-refractivity contribution in [3.05, 3.63) is 39.7 Å². The highest BCUT2D eigenvalue weighted by atomic mass is 16.4. The number of anilines is 1. The van der Waals surface area contributed by atoms with E-state index in [9.17, 15) is 28.8 Å². The Kier molecular flexibility index (Phi) is 9.00. The molecule has 1 aromatic carbocycles. The summed E-state index contributed by atoms with van der Waals surface area (Å²) in [5.74, 6) is -2.33. The molecule has 2 aromatic rings. The fourth-order valence-corrected chi connectivity index (χ4v) is 4.23. The molecule has 1 saturated heterocycles. The summed E-state index contributed by atoms with van der Waals surface area (Å²) in [6.45, 7) is 7.95. The van der Waals surface area contributed by atoms with Gasteiger partial charge in [0.05, 0.1) is 28.7 Å². The van der Waals surface area contributed by atoms with Crippen LogP contribution >= 0.6 is 0 Å². The van der Waals surface area contributed by atoms with E-state index >= 15 is 0 Å². The first-order chi connectivity index (χ1) is 17.9. The second-order valence-corrected chi connectivity index (χ2v) is 9.45. The first kappa shape index (κ1) is 28.5. The molecule has 38 heavy (non-hydrogen) atoms. The minimum Gasteiger partial charge on any atom is -0.422 e. The maximum absolute atomic E-state index is 13.4. The SMILES string of the molecule is CC(=O)N[C@@H](C)C(=O)N[C@@H](C)C(=O)c1cccc2oc(=O)c(C)c(NC(=O)[C@H](C)NC(=O)[C@@H]3CCCN3)c12. The normalized spacial score (nSPS) is 17.2. The van der Waals surface area contributed by atoms with Crippen LogP contribution in [0, 0.1) is 6.92 Å². The van der Waals surface area contributed by atoms with E-state index in [4.69, 9.17) is 4.42 Å². The molecule has 0 bridgehead atoms. The van der Waals surface area contributed by atoms with Gasteiger partial charge in [0.25, 0.3) is 0 Å². The lowest BCUT2D eigenvalue weighted by atomic mass is 9.98. The smallest absolute Gasteiger partial charge is 0.341 e. The van der Waals surface area contributed by atoms with Crippen molar-refractivity contribution in [2.24, 2.45) is 0 Å². The lowest BCUT2D eigenvalue weighted by Gasteiger charge is -2.20. The molecule has 5 N–H and O–H groups in total. The number of nitrogens with one attached hydrogen (secondary N) is 5. The van der Waals surface area contributed by atoms with Gasteiger partial charge in [-0.3, -0.25) is 24.0 Å². The van der Waals surface area contributed by atoms with Crippen LogP contribution in [0.15, 0.2) is 27.4 Å². The summed E-state index contributed by atoms with van der Waals surface area (Å²) >= 11 is 0. The Morgan fingerprint density at radius 2 is 1.66 bits per heavy atom. The first-order valence-electron chi connectivity index (χ1n) is 12.4. The lowest BCUT2D eigenvalue weighted by Crippen LogP contribution is -2.49. The van der Waals surface area contributed by atoms with Crippen molar-refractivity contribution in [2.45, 2.75) is 71.6 Å². The number of carbonyl (C=O) groups excluding carboxylic acids is 5. The second kappa shape index (κ2) is 12.0. The molecule has 1 aromatic heterocycles. The summed E-state index contributed by atoms with van der Waals surface area (Å²) in [5.41, 5.74) is -0.376. The number of Topliss-reactive ketones (excluding diaryl/α,β-unsaturated/α-hetero) is 1. The summed E-state index contributed by atoms with van der Waals surface area (Å²) in [4.78, 5) is 75.1. The molecule has 4 amide bonds. The Bertz CT molecular complexity index is 1330. The number of ketones is 1. The third-order valence-electron chi connectivity index (χ3n) is 6.37. The Morgan fingerprint density at radius 3 is 2.29 bits per heavy atom. The number of benzene rings is 1. The number of hydrogen-bond acceptors (Lipinski definition) is 8. The highest BCUT2D eigenvalue weighted by molar-refractivity contribution is 6.16. The Balaban J connectivity index is 1.90. The monoisotopic (exact) mass is 527 g/mol. The van der Waals surface area contributed by atoms with Crippen molar-refractivity contribution in [3.8, 4) is 0 Å². The maximum atomic E-state index is 13.4. The van der Waals surface area contributed by atoms with Crippen LogP contribution in [0.25, 0.3) is 11.0 Å². The molecule has 12 heteroatoms. The van der Waals surface area contributed by atoms with Crippen LogP contribution in [-0.4, -0.2) is 60.1 Å². The predicted molar refractivity (Wildman–Crippen MR) is 140 cm³/mol. The van der Waals surface area contributed by atoms with Crippen LogP contribution in [0.1, 0.15) is 56.5 Å². The van der Waals surface area contributed by atoms with E-state index in [1.54, 1.807) is 0 Å². The zero-order valence-corrected chi connectivity index (χ0v) is 22.0. The van der Waals surface area contributed by atoms with Crippen molar-refractivity contribution in [2.75, 3.05) is 11.9 Å². The van der Waals surface area contributed by atoms with E-state index in [0.717, 1.165) is 13.0 Å². The van der Waals surface area contributed by atoms with Crippen LogP contribution in [0.4, 0.5) is 5.69 Å². The predicted octanol–water partition coefficient (Wildman–Crippen LogP) is 0.509. The standard InChI is InChI=1S/C26H33N5O7/c1-12-21(31-24(35)15(4)30-25(36)18-9-7-11-27-18)20-17(8-6-10-19(20)38-26(12)37)22(33)13(2)29-23(34)14(3)28-16(5)32/h6,8,10,13-15,18,27H,7,9,11H2,1-5H3,(H,28,32)(H,29,34)(H,30,36)(H,31,35)/t13-,14-,15-,18-/m0/s1. The van der Waals surface area contributed by atoms with Gasteiger partial charge >= 0.3 is 5.63 Å². The van der Waals surface area contributed by atoms with Gasteiger partial charge in [0.1, 0.15) is 17.7 Å². The van der Waals surface area contributed by atoms with E-state index < -0.39 is 47.3 Å². The maximum Gasteiger partial charge on any atom is 0.341 e. The van der Waals surface area contributed by atoms with Gasteiger partial charge in [-0.2, -0.15) is 0 Å². The summed E-state index contributed by atoms with van der Waals surface area (Å²) in [6, 6.07) is 1.34. The summed E-state index contributed by atoms with van der Waals surface area (Å²) < 4.78 is 5.37. The van der Waals surface area contributed by atoms with Gasteiger partial charge in [-0.25, -0.2) is 4.79 Å². The first-order valence-corrected chi connectivity index (χ1v) is 12.4. The molecule has 0 saturated carbocycles. The molecule has 1 aliphatic rings. The van der Waals surface area contributed by atoms with E-state index in [2.05, 4.69) is 26.6 Å². The summed E-state index contributed by atoms with van der Waals surface area (Å²) in [6.07, 6.45) is 1.54. The number of amides is 4. The Labute approximate surface area is 219 Å². The molecular weight excluding hydrogens is 494 g/mol. The summed E-state index contributed by atoms with van der Waals surface area (Å²) in [5, 5.41) is 13.6. The molecule has 0 unspecified atom stereocenters. The molecule has 0 aliphatic carbocycles. The molecule has 0 spiro atoms. The zero-order valence-electron chi connectivity index (χ0n) is 22.0. The Hall–Kier alpha value is -4.06. The lowest BCUT2D eigenvalue weighted by molar-refractivity contribution is -0.127. The summed E-state index contributed by atoms with van der Waals surface area (Å²) in [7, 11) is 0. The van der Waals surface area contributed by atoms with Crippen molar-refractivity contribution >= 4 is 46.1 Å². The molecule has 12 nitrogen and oxygen atoms in total. The van der Waals surface area contributed by atoms with Crippen LogP contribution in [0.2, 0.25) is 0 Å². The van der Waals surface area contributed by atoms with E-state index in [1.165, 1.54) is 52.8 Å². The van der Waals surface area contributed by atoms with Crippen LogP contribution in [-0.2, 0) is 19.2 Å². The fourth-order valence-electron chi connectivity index (χ4n) is 4.23. The quantitative estimate of drug-likeness (QED) is 0.231. The topological polar surface area (TPSA) is 176 Å². The van der Waals surface area contributed by atoms with E-state index in [0.29, 0.717) is 6.42 Å². The molecule has 1 aliphatic heterocycles. The third-order valence-corrected chi connectivity index (χ3v) is 6.37. The number of rotatable bonds is 9. The molecule has 2 heterocycles. The number of fused-ring (bicyclic) bond motifs is 1. The zero-order chi connectivity index (χ0) is 28.1. The Morgan fingerprint density at radius 1 is 0.974 bits per heavy atom. The molecule has 1 fully saturated rings. The van der Waals surface area contributed by atoms with Crippen molar-refractivity contribution in [1.29, 1.82) is 0 Å². The van der Waals surface area contributed by atoms with E-state index in [-0.39, 0.29) is 39.7 Å². The van der Waals surface area contributed by atoms with Crippen LogP contribution in [0.5, 0.6) is 0 Å². The highest BCUT2D eigenvalue weighted by Gasteiger charge is 2.28. The van der Waals surface area contributed by atoms with Crippen molar-refractivity contribution in [3.63, 3.8) is 0 Å². The molecule has 204 valence electrons. The van der Waals surface area contributed by atoms with Gasteiger partial charge in [0.2, 0.25) is 23.6 Å². The van der Waals surface area contributed by atoms with Crippen molar-refractivity contribution in [1.82, 2.24) is 21.3 Å². The second-order valence-electron chi connectivity index (χ2n) is 9.45. The number of hydrogen-bond donors (Lipinski definition) is 5. The fraction of sp³-hybridized carbons (Fsp3) is 0.462. The largest absolute Gasteiger partial charge is 0.422 e. The van der Waals surface area contributed by atoms with Gasteiger partial charge < -0.3 is 31.0 Å². The number of carbonyl (C=O) groups is 5. The van der Waals surface area contributed by atoms with Crippen LogP contribution in [0.3, 0.4) is 0 Å². The van der Waals surface area contributed by atoms with Crippen molar-refractivity contribution < 1.29 is 28.4 Å². The molecular formula is C26H33N5O7. The molecule has 0 radical (unpaired) electrons. The van der Waals surface area contributed by atoms with Gasteiger partial charge in [-0.15, -0.1) is 0 Å². The van der Waals surface area contributed by atoms with Gasteiger partial charge in [-0.1, -0.05) is 12.1 Å². The minimum atomic E-state index is -1.00. The average molecular weight is 528 g/mol.